The minimum Gasteiger partial charge on any atom is -0.332 e. The largest absolute Gasteiger partial charge is 0.332 e. The summed E-state index contributed by atoms with van der Waals surface area (Å²) in [6.45, 7) is 2.29. The van der Waals surface area contributed by atoms with Crippen LogP contribution in [0, 0.1) is 11.8 Å². The van der Waals surface area contributed by atoms with E-state index >= 15 is 0 Å². The number of amides is 1. The zero-order valence-electron chi connectivity index (χ0n) is 18.1. The van der Waals surface area contributed by atoms with E-state index in [4.69, 9.17) is 16.6 Å². The van der Waals surface area contributed by atoms with E-state index < -0.39 is 0 Å². The van der Waals surface area contributed by atoms with Crippen LogP contribution >= 0.6 is 22.9 Å². The predicted octanol–water partition coefficient (Wildman–Crippen LogP) is 4.80. The van der Waals surface area contributed by atoms with Gasteiger partial charge in [-0.05, 0) is 61.4 Å². The van der Waals surface area contributed by atoms with Crippen molar-refractivity contribution in [1.82, 2.24) is 29.9 Å². The van der Waals surface area contributed by atoms with Crippen LogP contribution in [0.3, 0.4) is 0 Å². The van der Waals surface area contributed by atoms with Crippen molar-refractivity contribution in [2.24, 2.45) is 11.8 Å². The number of piperidine rings is 2. The summed E-state index contributed by atoms with van der Waals surface area (Å²) in [7, 11) is 0. The molecule has 5 heterocycles. The van der Waals surface area contributed by atoms with E-state index in [0.717, 1.165) is 41.0 Å². The van der Waals surface area contributed by atoms with Crippen molar-refractivity contribution < 1.29 is 4.79 Å². The molecular weight excluding hydrogens is 456 g/mol. The number of hydrogen-bond donors (Lipinski definition) is 0. The minimum absolute atomic E-state index is 0.00997. The summed E-state index contributed by atoms with van der Waals surface area (Å²) in [6, 6.07) is 9.68. The van der Waals surface area contributed by atoms with Gasteiger partial charge in [0, 0.05) is 29.7 Å². The number of pyridine rings is 1. The Morgan fingerprint density at radius 3 is 2.79 bits per heavy atom. The molecule has 0 N–H and O–H groups in total. The molecule has 0 radical (unpaired) electrons. The highest BCUT2D eigenvalue weighted by molar-refractivity contribution is 7.18. The Labute approximate surface area is 200 Å². The maximum absolute atomic E-state index is 14.0. The van der Waals surface area contributed by atoms with E-state index in [9.17, 15) is 4.79 Å². The van der Waals surface area contributed by atoms with E-state index in [2.05, 4.69) is 27.0 Å². The van der Waals surface area contributed by atoms with Crippen molar-refractivity contribution in [2.45, 2.75) is 44.7 Å². The van der Waals surface area contributed by atoms with E-state index in [1.54, 1.807) is 42.1 Å². The second-order valence-electron chi connectivity index (χ2n) is 8.98. The number of nitrogens with zero attached hydrogens (tertiary/aromatic N) is 6. The Hall–Kier alpha value is -2.84. The summed E-state index contributed by atoms with van der Waals surface area (Å²) in [5.74, 6) is 1.14. The molecule has 1 aliphatic carbocycles. The maximum Gasteiger partial charge on any atom is 0.256 e. The van der Waals surface area contributed by atoms with Gasteiger partial charge in [-0.1, -0.05) is 29.9 Å². The third-order valence-corrected chi connectivity index (χ3v) is 8.45. The lowest BCUT2D eigenvalue weighted by Gasteiger charge is -2.57. The van der Waals surface area contributed by atoms with Crippen LogP contribution in [-0.2, 0) is 6.42 Å². The quantitative estimate of drug-likeness (QED) is 0.412. The number of aryl methyl sites for hydroxylation is 1. The van der Waals surface area contributed by atoms with E-state index in [1.165, 1.54) is 4.80 Å². The number of hydrogen-bond acceptors (Lipinski definition) is 6. The fraction of sp³-hybridized carbons (Fsp3) is 0.375. The second kappa shape index (κ2) is 8.18. The summed E-state index contributed by atoms with van der Waals surface area (Å²) in [5, 5.41) is 10.1. The van der Waals surface area contributed by atoms with Crippen molar-refractivity contribution in [3.8, 4) is 5.69 Å². The zero-order chi connectivity index (χ0) is 22.5. The first-order chi connectivity index (χ1) is 16.1. The molecule has 2 bridgehead atoms. The van der Waals surface area contributed by atoms with E-state index in [0.29, 0.717) is 28.1 Å². The summed E-state index contributed by atoms with van der Waals surface area (Å²) < 4.78 is 0. The standard InChI is InChI=1S/C24H23ClN6OS/c1-14-15-11-17(12-15)30(20(14)6-7-22-29-19-3-2-8-26-23(19)33-22)24(32)18-13-16(25)4-5-21(18)31-27-9-10-28-31/h2-5,8-10,13-15,17,20H,6-7,11-12H2,1H3/t14-,15?,17?,20?/m1/s1. The summed E-state index contributed by atoms with van der Waals surface area (Å²) in [5.41, 5.74) is 2.14. The highest BCUT2D eigenvalue weighted by Crippen LogP contribution is 2.48. The maximum atomic E-state index is 14.0. The second-order valence-corrected chi connectivity index (χ2v) is 10.5. The molecule has 2 aliphatic heterocycles. The van der Waals surface area contributed by atoms with Gasteiger partial charge in [-0.3, -0.25) is 4.79 Å². The molecule has 9 heteroatoms. The SMILES string of the molecule is C[C@@H]1C2CC(C2)N(C(=O)c2cc(Cl)ccc2-n2nccn2)C1CCc1nc2cccnc2s1. The van der Waals surface area contributed by atoms with Crippen LogP contribution in [-0.4, -0.2) is 47.9 Å². The molecular formula is C24H23ClN6OS. The summed E-state index contributed by atoms with van der Waals surface area (Å²) in [6.07, 6.45) is 8.89. The van der Waals surface area contributed by atoms with Gasteiger partial charge in [0.1, 0.15) is 10.3 Å². The third-order valence-electron chi connectivity index (χ3n) is 7.17. The molecule has 7 nitrogen and oxygen atoms in total. The molecule has 3 aliphatic rings. The Morgan fingerprint density at radius 2 is 2.00 bits per heavy atom. The van der Waals surface area contributed by atoms with Crippen LogP contribution in [0.5, 0.6) is 0 Å². The highest BCUT2D eigenvalue weighted by atomic mass is 35.5. The highest BCUT2D eigenvalue weighted by Gasteiger charge is 2.50. The number of aromatic nitrogens is 5. The molecule has 168 valence electrons. The molecule has 1 saturated carbocycles. The molecule has 0 spiro atoms. The first kappa shape index (κ1) is 20.7. The number of carbonyl (C=O) groups excluding carboxylic acids is 1. The Kier molecular flexibility index (Phi) is 5.14. The molecule has 1 amide bonds. The number of thiazole rings is 1. The molecule has 7 rings (SSSR count). The van der Waals surface area contributed by atoms with E-state index in [-0.39, 0.29) is 18.0 Å². The molecule has 2 atom stereocenters. The molecule has 33 heavy (non-hydrogen) atoms. The first-order valence-electron chi connectivity index (χ1n) is 11.3. The number of halogens is 1. The third kappa shape index (κ3) is 3.61. The lowest BCUT2D eigenvalue weighted by molar-refractivity contribution is -0.0570. The van der Waals surface area contributed by atoms with Gasteiger partial charge in [-0.2, -0.15) is 15.0 Å². The normalized spacial score (nSPS) is 24.1. The fourth-order valence-corrected chi connectivity index (χ4v) is 6.46. The smallest absolute Gasteiger partial charge is 0.256 e. The van der Waals surface area contributed by atoms with Crippen LogP contribution in [0.2, 0.25) is 5.02 Å². The van der Waals surface area contributed by atoms with Gasteiger partial charge in [-0.25, -0.2) is 9.97 Å². The topological polar surface area (TPSA) is 76.8 Å². The average molecular weight is 479 g/mol. The van der Waals surface area contributed by atoms with E-state index in [1.807, 2.05) is 18.2 Å². The van der Waals surface area contributed by atoms with Crippen molar-refractivity contribution in [3.63, 3.8) is 0 Å². The molecule has 1 unspecified atom stereocenters. The molecule has 3 fully saturated rings. The lowest BCUT2D eigenvalue weighted by Crippen LogP contribution is -2.63. The van der Waals surface area contributed by atoms with Crippen molar-refractivity contribution >= 4 is 39.2 Å². The summed E-state index contributed by atoms with van der Waals surface area (Å²) in [4.78, 5) is 27.7. The van der Waals surface area contributed by atoms with Gasteiger partial charge >= 0.3 is 0 Å². The monoisotopic (exact) mass is 478 g/mol. The van der Waals surface area contributed by atoms with Crippen molar-refractivity contribution in [3.05, 3.63) is 64.5 Å². The molecule has 1 aromatic carbocycles. The number of rotatable bonds is 5. The van der Waals surface area contributed by atoms with Crippen LogP contribution in [0.1, 0.15) is 41.6 Å². The van der Waals surface area contributed by atoms with Gasteiger partial charge in [0.05, 0.1) is 28.7 Å². The summed E-state index contributed by atoms with van der Waals surface area (Å²) >= 11 is 7.96. The fourth-order valence-electron chi connectivity index (χ4n) is 5.37. The van der Waals surface area contributed by atoms with Crippen LogP contribution in [0.4, 0.5) is 0 Å². The van der Waals surface area contributed by atoms with Gasteiger partial charge in [0.2, 0.25) is 0 Å². The Balaban J connectivity index is 1.31. The van der Waals surface area contributed by atoms with Crippen LogP contribution < -0.4 is 0 Å². The predicted molar refractivity (Wildman–Crippen MR) is 128 cm³/mol. The van der Waals surface area contributed by atoms with Crippen LogP contribution in [0.25, 0.3) is 16.0 Å². The molecule has 3 aromatic heterocycles. The Bertz CT molecular complexity index is 1280. The van der Waals surface area contributed by atoms with Gasteiger partial charge in [0.15, 0.2) is 0 Å². The van der Waals surface area contributed by atoms with Crippen LogP contribution in [0.15, 0.2) is 48.9 Å². The van der Waals surface area contributed by atoms with Crippen molar-refractivity contribution in [2.75, 3.05) is 0 Å². The number of benzene rings is 1. The van der Waals surface area contributed by atoms with Gasteiger partial charge in [0.25, 0.3) is 5.91 Å². The first-order valence-corrected chi connectivity index (χ1v) is 12.5. The van der Waals surface area contributed by atoms with Gasteiger partial charge < -0.3 is 4.90 Å². The minimum atomic E-state index is 0.00997. The lowest BCUT2D eigenvalue weighted by atomic mass is 9.64. The number of fused-ring (bicyclic) bond motifs is 3. The zero-order valence-corrected chi connectivity index (χ0v) is 19.7. The number of carbonyl (C=O) groups is 1. The van der Waals surface area contributed by atoms with Gasteiger partial charge in [-0.15, -0.1) is 0 Å². The Morgan fingerprint density at radius 1 is 1.18 bits per heavy atom. The van der Waals surface area contributed by atoms with Crippen molar-refractivity contribution in [1.29, 1.82) is 0 Å². The molecule has 4 aromatic rings. The molecule has 2 saturated heterocycles. The average Bonchev–Trinajstić information content (AvgIpc) is 3.46.